The Bertz CT molecular complexity index is 1130. The number of hydrogen-bond donors (Lipinski definition) is 2. The molecule has 6 nitrogen and oxygen atoms in total. The van der Waals surface area contributed by atoms with Gasteiger partial charge < -0.3 is 10.1 Å². The first-order valence-corrected chi connectivity index (χ1v) is 11.1. The number of amides is 1. The second-order valence-electron chi connectivity index (χ2n) is 6.34. The molecule has 8 heteroatoms. The molecule has 2 N–H and O–H groups in total. The van der Waals surface area contributed by atoms with Crippen LogP contribution >= 0.6 is 11.6 Å². The summed E-state index contributed by atoms with van der Waals surface area (Å²) in [6, 6.07) is 19.8. The molecular weight excluding hydrogens is 424 g/mol. The monoisotopic (exact) mass is 444 g/mol. The van der Waals surface area contributed by atoms with Gasteiger partial charge in [0.1, 0.15) is 5.75 Å². The van der Waals surface area contributed by atoms with Crippen LogP contribution in [0.15, 0.2) is 77.7 Å². The molecule has 0 aliphatic carbocycles. The second kappa shape index (κ2) is 9.65. The van der Waals surface area contributed by atoms with Gasteiger partial charge in [0, 0.05) is 17.8 Å². The minimum absolute atomic E-state index is 0.124. The van der Waals surface area contributed by atoms with Gasteiger partial charge in [0.25, 0.3) is 15.9 Å². The molecule has 0 radical (unpaired) electrons. The standard InChI is InChI=1S/C22H21ClN2O4S/c1-2-29-21-11-7-6-8-16(21)15-24-22(26)19-14-17(12-13-20(19)23)25-30(27,28)18-9-4-3-5-10-18/h3-14,25H,2,15H2,1H3,(H,24,26). The number of anilines is 1. The van der Waals surface area contributed by atoms with Gasteiger partial charge in [0.15, 0.2) is 0 Å². The molecule has 3 aromatic rings. The van der Waals surface area contributed by atoms with Gasteiger partial charge >= 0.3 is 0 Å². The normalized spacial score (nSPS) is 11.0. The molecule has 0 aromatic heterocycles. The Balaban J connectivity index is 1.76. The largest absolute Gasteiger partial charge is 0.494 e. The van der Waals surface area contributed by atoms with E-state index in [4.69, 9.17) is 16.3 Å². The summed E-state index contributed by atoms with van der Waals surface area (Å²) in [4.78, 5) is 12.8. The number of nitrogens with one attached hydrogen (secondary N) is 2. The lowest BCUT2D eigenvalue weighted by Crippen LogP contribution is -2.24. The van der Waals surface area contributed by atoms with Gasteiger partial charge in [-0.1, -0.05) is 48.0 Å². The maximum absolute atomic E-state index is 12.7. The summed E-state index contributed by atoms with van der Waals surface area (Å²) in [7, 11) is -3.78. The molecule has 0 aliphatic rings. The maximum atomic E-state index is 12.7. The Hall–Kier alpha value is -3.03. The Morgan fingerprint density at radius 2 is 1.70 bits per heavy atom. The van der Waals surface area contributed by atoms with Gasteiger partial charge in [-0.2, -0.15) is 0 Å². The Kier molecular flexibility index (Phi) is 6.97. The first kappa shape index (κ1) is 21.7. The predicted molar refractivity (Wildman–Crippen MR) is 117 cm³/mol. The van der Waals surface area contributed by atoms with Crippen LogP contribution < -0.4 is 14.8 Å². The van der Waals surface area contributed by atoms with Crippen molar-refractivity contribution in [2.75, 3.05) is 11.3 Å². The van der Waals surface area contributed by atoms with Crippen molar-refractivity contribution in [2.45, 2.75) is 18.4 Å². The number of sulfonamides is 1. The fourth-order valence-electron chi connectivity index (χ4n) is 2.79. The fraction of sp³-hybridized carbons (Fsp3) is 0.136. The van der Waals surface area contributed by atoms with Gasteiger partial charge in [0.05, 0.1) is 22.1 Å². The van der Waals surface area contributed by atoms with Crippen LogP contribution in [0, 0.1) is 0 Å². The third-order valence-corrected chi connectivity index (χ3v) is 5.96. The molecular formula is C22H21ClN2O4S. The average Bonchev–Trinajstić information content (AvgIpc) is 2.75. The topological polar surface area (TPSA) is 84.5 Å². The van der Waals surface area contributed by atoms with Gasteiger partial charge in [-0.05, 0) is 43.3 Å². The van der Waals surface area contributed by atoms with E-state index in [9.17, 15) is 13.2 Å². The van der Waals surface area contributed by atoms with Crippen LogP contribution in [0.4, 0.5) is 5.69 Å². The maximum Gasteiger partial charge on any atom is 0.261 e. The molecule has 0 saturated heterocycles. The third-order valence-electron chi connectivity index (χ3n) is 4.23. The first-order valence-electron chi connectivity index (χ1n) is 9.27. The van der Waals surface area contributed by atoms with Gasteiger partial charge in [-0.3, -0.25) is 9.52 Å². The van der Waals surface area contributed by atoms with E-state index in [-0.39, 0.29) is 27.7 Å². The summed E-state index contributed by atoms with van der Waals surface area (Å²) in [5.74, 6) is 0.267. The molecule has 0 saturated carbocycles. The molecule has 3 aromatic carbocycles. The molecule has 0 spiro atoms. The summed E-state index contributed by atoms with van der Waals surface area (Å²) in [6.07, 6.45) is 0. The smallest absolute Gasteiger partial charge is 0.261 e. The van der Waals surface area contributed by atoms with Crippen LogP contribution in [-0.2, 0) is 16.6 Å². The second-order valence-corrected chi connectivity index (χ2v) is 8.43. The number of rotatable bonds is 8. The number of hydrogen-bond acceptors (Lipinski definition) is 4. The summed E-state index contributed by atoms with van der Waals surface area (Å²) < 4.78 is 33.1. The van der Waals surface area contributed by atoms with Crippen molar-refractivity contribution in [1.82, 2.24) is 5.32 Å². The Morgan fingerprint density at radius 1 is 1.00 bits per heavy atom. The summed E-state index contributed by atoms with van der Waals surface area (Å²) in [6.45, 7) is 2.64. The van der Waals surface area contributed by atoms with Crippen molar-refractivity contribution in [1.29, 1.82) is 0 Å². The number of benzene rings is 3. The molecule has 0 unspecified atom stereocenters. The molecule has 0 atom stereocenters. The average molecular weight is 445 g/mol. The zero-order valence-corrected chi connectivity index (χ0v) is 17.8. The molecule has 0 heterocycles. The van der Waals surface area contributed by atoms with Crippen LogP contribution in [0.25, 0.3) is 0 Å². The van der Waals surface area contributed by atoms with E-state index in [1.807, 2.05) is 31.2 Å². The lowest BCUT2D eigenvalue weighted by Gasteiger charge is -2.13. The van der Waals surface area contributed by atoms with E-state index in [1.54, 1.807) is 18.2 Å². The molecule has 1 amide bonds. The van der Waals surface area contributed by atoms with Crippen molar-refractivity contribution in [3.63, 3.8) is 0 Å². The number of halogens is 1. The molecule has 0 bridgehead atoms. The number of carbonyl (C=O) groups is 1. The summed E-state index contributed by atoms with van der Waals surface area (Å²) >= 11 is 6.18. The Morgan fingerprint density at radius 3 is 2.43 bits per heavy atom. The van der Waals surface area contributed by atoms with Crippen LogP contribution in [0.1, 0.15) is 22.8 Å². The third kappa shape index (κ3) is 5.31. The highest BCUT2D eigenvalue weighted by atomic mass is 35.5. The Labute approximate surface area is 180 Å². The van der Waals surface area contributed by atoms with E-state index < -0.39 is 15.9 Å². The van der Waals surface area contributed by atoms with E-state index in [0.29, 0.717) is 12.4 Å². The minimum atomic E-state index is -3.78. The van der Waals surface area contributed by atoms with Crippen LogP contribution in [0.3, 0.4) is 0 Å². The van der Waals surface area contributed by atoms with Gasteiger partial charge in [-0.25, -0.2) is 8.42 Å². The fourth-order valence-corrected chi connectivity index (χ4v) is 4.07. The molecule has 0 aliphatic heterocycles. The quantitative estimate of drug-likeness (QED) is 0.536. The number of carbonyl (C=O) groups excluding carboxylic acids is 1. The highest BCUT2D eigenvalue weighted by Crippen LogP contribution is 2.24. The molecule has 0 fully saturated rings. The van der Waals surface area contributed by atoms with Crippen molar-refractivity contribution >= 4 is 33.2 Å². The lowest BCUT2D eigenvalue weighted by atomic mass is 10.1. The van der Waals surface area contributed by atoms with Crippen LogP contribution in [0.2, 0.25) is 5.02 Å². The number of ether oxygens (including phenoxy) is 1. The van der Waals surface area contributed by atoms with Crippen molar-refractivity contribution < 1.29 is 17.9 Å². The first-order chi connectivity index (χ1) is 14.4. The highest BCUT2D eigenvalue weighted by Gasteiger charge is 2.17. The van der Waals surface area contributed by atoms with Crippen molar-refractivity contribution in [3.05, 3.63) is 88.9 Å². The van der Waals surface area contributed by atoms with Crippen LogP contribution in [-0.4, -0.2) is 20.9 Å². The van der Waals surface area contributed by atoms with Gasteiger partial charge in [0.2, 0.25) is 0 Å². The number of para-hydroxylation sites is 1. The summed E-state index contributed by atoms with van der Waals surface area (Å²) in [5, 5.41) is 3.01. The summed E-state index contributed by atoms with van der Waals surface area (Å²) in [5.41, 5.74) is 1.23. The predicted octanol–water partition coefficient (Wildman–Crippen LogP) is 4.47. The van der Waals surface area contributed by atoms with Crippen molar-refractivity contribution in [3.8, 4) is 5.75 Å². The SMILES string of the molecule is CCOc1ccccc1CNC(=O)c1cc(NS(=O)(=O)c2ccccc2)ccc1Cl. The van der Waals surface area contributed by atoms with Crippen molar-refractivity contribution in [2.24, 2.45) is 0 Å². The minimum Gasteiger partial charge on any atom is -0.494 e. The van der Waals surface area contributed by atoms with E-state index in [2.05, 4.69) is 10.0 Å². The van der Waals surface area contributed by atoms with Crippen LogP contribution in [0.5, 0.6) is 5.75 Å². The van der Waals surface area contributed by atoms with E-state index in [1.165, 1.54) is 30.3 Å². The van der Waals surface area contributed by atoms with E-state index in [0.717, 1.165) is 5.56 Å². The van der Waals surface area contributed by atoms with Gasteiger partial charge in [-0.15, -0.1) is 0 Å². The lowest BCUT2D eigenvalue weighted by molar-refractivity contribution is 0.0951. The molecule has 3 rings (SSSR count). The molecule has 156 valence electrons. The molecule has 30 heavy (non-hydrogen) atoms. The van der Waals surface area contributed by atoms with E-state index >= 15 is 0 Å². The zero-order chi connectivity index (χ0) is 21.6. The zero-order valence-electron chi connectivity index (χ0n) is 16.3. The highest BCUT2D eigenvalue weighted by molar-refractivity contribution is 7.92.